The zero-order chi connectivity index (χ0) is 23.8. The van der Waals surface area contributed by atoms with Crippen LogP contribution in [0.25, 0.3) is 5.70 Å². The standard InChI is InChI=1S/C26H36N6O/c1-4-19(2)25(26(28)33)29-20(3)22-12-8-9-13-23(22)30-24(27)18-31-14-16-32(17-15-31)21-10-6-5-7-11-21/h5-13,19,25,29H,3-4,14-18H2,1-2H3,(H2,27,30)(H2,28,33)/t19?,25-/m0/s1. The Hall–Kier alpha value is -3.32. The molecule has 0 aromatic heterocycles. The van der Waals surface area contributed by atoms with Crippen LogP contribution in [0, 0.1) is 5.92 Å². The molecule has 2 aromatic rings. The predicted octanol–water partition coefficient (Wildman–Crippen LogP) is 2.96. The zero-order valence-corrected chi connectivity index (χ0v) is 19.7. The van der Waals surface area contributed by atoms with Crippen LogP contribution >= 0.6 is 0 Å². The highest BCUT2D eigenvalue weighted by Gasteiger charge is 2.23. The van der Waals surface area contributed by atoms with Crippen LogP contribution in [0.5, 0.6) is 0 Å². The lowest BCUT2D eigenvalue weighted by Gasteiger charge is -2.35. The number of hydrogen-bond acceptors (Lipinski definition) is 5. The molecular weight excluding hydrogens is 412 g/mol. The van der Waals surface area contributed by atoms with Crippen molar-refractivity contribution in [2.45, 2.75) is 26.3 Å². The van der Waals surface area contributed by atoms with Gasteiger partial charge in [-0.05, 0) is 24.1 Å². The molecular formula is C26H36N6O. The predicted molar refractivity (Wildman–Crippen MR) is 137 cm³/mol. The van der Waals surface area contributed by atoms with E-state index in [2.05, 4.69) is 46.0 Å². The number of rotatable bonds is 10. The van der Waals surface area contributed by atoms with Gasteiger partial charge in [-0.1, -0.05) is 63.2 Å². The van der Waals surface area contributed by atoms with Crippen molar-refractivity contribution in [3.8, 4) is 0 Å². The molecule has 0 spiro atoms. The third-order valence-electron chi connectivity index (χ3n) is 6.22. The molecule has 3 rings (SSSR count). The van der Waals surface area contributed by atoms with Gasteiger partial charge in [-0.25, -0.2) is 4.99 Å². The number of hydrogen-bond donors (Lipinski definition) is 3. The largest absolute Gasteiger partial charge is 0.386 e. The maximum atomic E-state index is 11.9. The highest BCUT2D eigenvalue weighted by atomic mass is 16.1. The number of para-hydroxylation sites is 2. The molecule has 1 unspecified atom stereocenters. The first-order valence-electron chi connectivity index (χ1n) is 11.6. The van der Waals surface area contributed by atoms with Gasteiger partial charge in [0.1, 0.15) is 11.9 Å². The molecule has 2 atom stereocenters. The Bertz CT molecular complexity index is 966. The molecule has 1 aliphatic rings. The van der Waals surface area contributed by atoms with E-state index in [0.717, 1.165) is 43.9 Å². The van der Waals surface area contributed by atoms with Crippen molar-refractivity contribution >= 4 is 28.8 Å². The Morgan fingerprint density at radius 1 is 1.06 bits per heavy atom. The van der Waals surface area contributed by atoms with Crippen molar-refractivity contribution in [3.63, 3.8) is 0 Å². The van der Waals surface area contributed by atoms with Crippen LogP contribution in [0.2, 0.25) is 0 Å². The molecule has 7 heteroatoms. The third kappa shape index (κ3) is 6.58. The summed E-state index contributed by atoms with van der Waals surface area (Å²) in [5, 5.41) is 3.20. The van der Waals surface area contributed by atoms with Gasteiger partial charge in [-0.2, -0.15) is 0 Å². The van der Waals surface area contributed by atoms with Crippen LogP contribution in [0.3, 0.4) is 0 Å². The number of anilines is 1. The van der Waals surface area contributed by atoms with Crippen molar-refractivity contribution in [2.75, 3.05) is 37.6 Å². The molecule has 176 valence electrons. The molecule has 33 heavy (non-hydrogen) atoms. The Morgan fingerprint density at radius 3 is 2.33 bits per heavy atom. The number of aliphatic imine (C=N–C) groups is 1. The van der Waals surface area contributed by atoms with Gasteiger partial charge in [0.2, 0.25) is 5.91 Å². The first-order chi connectivity index (χ1) is 15.9. The number of carbonyl (C=O) groups excluding carboxylic acids is 1. The fourth-order valence-electron chi connectivity index (χ4n) is 4.04. The number of amidine groups is 1. The number of nitrogens with two attached hydrogens (primary N) is 2. The highest BCUT2D eigenvalue weighted by molar-refractivity contribution is 5.88. The Kier molecular flexibility index (Phi) is 8.49. The van der Waals surface area contributed by atoms with Gasteiger partial charge >= 0.3 is 0 Å². The SMILES string of the molecule is C=C(N[C@H](C(N)=O)C(C)CC)c1ccccc1N=C(N)CN1CCN(c2ccccc2)CC1. The molecule has 2 aromatic carbocycles. The second-order valence-corrected chi connectivity index (χ2v) is 8.61. The van der Waals surface area contributed by atoms with Crippen LogP contribution < -0.4 is 21.7 Å². The maximum absolute atomic E-state index is 11.9. The molecule has 0 radical (unpaired) electrons. The van der Waals surface area contributed by atoms with Crippen molar-refractivity contribution < 1.29 is 4.79 Å². The molecule has 1 heterocycles. The van der Waals surface area contributed by atoms with Crippen LogP contribution in [-0.2, 0) is 4.79 Å². The number of nitrogens with zero attached hydrogens (tertiary/aromatic N) is 3. The van der Waals surface area contributed by atoms with E-state index in [1.54, 1.807) is 0 Å². The molecule has 0 aliphatic carbocycles. The Balaban J connectivity index is 1.64. The number of amides is 1. The van der Waals surface area contributed by atoms with E-state index in [0.29, 0.717) is 18.1 Å². The molecule has 1 fully saturated rings. The second-order valence-electron chi connectivity index (χ2n) is 8.61. The Labute approximate surface area is 197 Å². The average molecular weight is 449 g/mol. The number of carbonyl (C=O) groups is 1. The quantitative estimate of drug-likeness (QED) is 0.383. The lowest BCUT2D eigenvalue weighted by molar-refractivity contribution is -0.120. The van der Waals surface area contributed by atoms with Gasteiger partial charge in [-0.3, -0.25) is 9.69 Å². The third-order valence-corrected chi connectivity index (χ3v) is 6.22. The summed E-state index contributed by atoms with van der Waals surface area (Å²) < 4.78 is 0. The maximum Gasteiger partial charge on any atom is 0.240 e. The topological polar surface area (TPSA) is 100.0 Å². The van der Waals surface area contributed by atoms with Gasteiger partial charge in [0.05, 0.1) is 12.2 Å². The molecule has 1 saturated heterocycles. The van der Waals surface area contributed by atoms with E-state index in [9.17, 15) is 4.79 Å². The number of nitrogens with one attached hydrogen (secondary N) is 1. The van der Waals surface area contributed by atoms with Crippen LogP contribution in [0.1, 0.15) is 25.8 Å². The fourth-order valence-corrected chi connectivity index (χ4v) is 4.04. The van der Waals surface area contributed by atoms with Crippen molar-refractivity contribution in [3.05, 3.63) is 66.7 Å². The minimum absolute atomic E-state index is 0.0922. The van der Waals surface area contributed by atoms with Crippen molar-refractivity contribution in [2.24, 2.45) is 22.4 Å². The number of primary amides is 1. The van der Waals surface area contributed by atoms with E-state index < -0.39 is 6.04 Å². The lowest BCUT2D eigenvalue weighted by Crippen LogP contribution is -2.48. The summed E-state index contributed by atoms with van der Waals surface area (Å²) in [6, 6.07) is 17.7. The van der Waals surface area contributed by atoms with Gasteiger partial charge < -0.3 is 21.7 Å². The van der Waals surface area contributed by atoms with E-state index in [-0.39, 0.29) is 11.8 Å². The van der Waals surface area contributed by atoms with Gasteiger partial charge in [-0.15, -0.1) is 0 Å². The summed E-state index contributed by atoms with van der Waals surface area (Å²) in [5.41, 5.74) is 15.4. The summed E-state index contributed by atoms with van der Waals surface area (Å²) in [7, 11) is 0. The van der Waals surface area contributed by atoms with Crippen LogP contribution in [0.15, 0.2) is 66.2 Å². The summed E-state index contributed by atoms with van der Waals surface area (Å²) in [6.45, 7) is 12.5. The summed E-state index contributed by atoms with van der Waals surface area (Å²) in [6.07, 6.45) is 0.832. The molecule has 1 aliphatic heterocycles. The monoisotopic (exact) mass is 448 g/mol. The minimum Gasteiger partial charge on any atom is -0.386 e. The molecule has 5 N–H and O–H groups in total. The van der Waals surface area contributed by atoms with E-state index >= 15 is 0 Å². The van der Waals surface area contributed by atoms with E-state index in [4.69, 9.17) is 16.5 Å². The number of benzene rings is 2. The minimum atomic E-state index is -0.488. The van der Waals surface area contributed by atoms with Gasteiger partial charge in [0, 0.05) is 43.1 Å². The highest BCUT2D eigenvalue weighted by Crippen LogP contribution is 2.25. The molecule has 1 amide bonds. The van der Waals surface area contributed by atoms with E-state index in [1.807, 2.05) is 44.2 Å². The lowest BCUT2D eigenvalue weighted by atomic mass is 9.97. The summed E-state index contributed by atoms with van der Waals surface area (Å²) in [4.78, 5) is 21.3. The van der Waals surface area contributed by atoms with Crippen LogP contribution in [-0.4, -0.2) is 55.4 Å². The smallest absolute Gasteiger partial charge is 0.240 e. The number of piperazine rings is 1. The Morgan fingerprint density at radius 2 is 1.70 bits per heavy atom. The molecule has 0 bridgehead atoms. The average Bonchev–Trinajstić information content (AvgIpc) is 2.83. The van der Waals surface area contributed by atoms with Gasteiger partial charge in [0.15, 0.2) is 0 Å². The zero-order valence-electron chi connectivity index (χ0n) is 19.7. The summed E-state index contributed by atoms with van der Waals surface area (Å²) >= 11 is 0. The molecule has 0 saturated carbocycles. The molecule has 7 nitrogen and oxygen atoms in total. The first kappa shape index (κ1) is 24.3. The second kappa shape index (κ2) is 11.5. The van der Waals surface area contributed by atoms with Crippen LogP contribution in [0.4, 0.5) is 11.4 Å². The summed E-state index contributed by atoms with van der Waals surface area (Å²) in [5.74, 6) is 0.256. The normalized spacial score (nSPS) is 16.8. The van der Waals surface area contributed by atoms with Crippen molar-refractivity contribution in [1.82, 2.24) is 10.2 Å². The van der Waals surface area contributed by atoms with Crippen molar-refractivity contribution in [1.29, 1.82) is 0 Å². The fraction of sp³-hybridized carbons (Fsp3) is 0.385. The van der Waals surface area contributed by atoms with Gasteiger partial charge in [0.25, 0.3) is 0 Å². The van der Waals surface area contributed by atoms with E-state index in [1.165, 1.54) is 5.69 Å². The first-order valence-corrected chi connectivity index (χ1v) is 11.6.